The van der Waals surface area contributed by atoms with E-state index in [4.69, 9.17) is 15.1 Å². The molecule has 1 N–H and O–H groups in total. The Morgan fingerprint density at radius 3 is 2.93 bits per heavy atom. The van der Waals surface area contributed by atoms with Gasteiger partial charge in [0.2, 0.25) is 5.88 Å². The quantitative estimate of drug-likeness (QED) is 0.815. The third-order valence-electron chi connectivity index (χ3n) is 1.33. The van der Waals surface area contributed by atoms with Crippen LogP contribution in [0.15, 0.2) is 4.21 Å². The summed E-state index contributed by atoms with van der Waals surface area (Å²) in [6.07, 6.45) is 1.41. The molecule has 0 amide bonds. The van der Waals surface area contributed by atoms with Gasteiger partial charge in [-0.25, -0.2) is 4.79 Å². The maximum Gasteiger partial charge on any atom is 0.341 e. The van der Waals surface area contributed by atoms with Crippen LogP contribution >= 0.6 is 11.5 Å². The van der Waals surface area contributed by atoms with Crippen LogP contribution in [-0.2, 0) is 15.6 Å². The molecule has 1 aromatic heterocycles. The zero-order chi connectivity index (χ0) is 11.4. The summed E-state index contributed by atoms with van der Waals surface area (Å²) in [6, 6.07) is 1.79. The van der Waals surface area contributed by atoms with Crippen molar-refractivity contribution < 1.29 is 18.8 Å². The summed E-state index contributed by atoms with van der Waals surface area (Å²) < 4.78 is 19.9. The molecule has 0 aliphatic rings. The van der Waals surface area contributed by atoms with E-state index in [1.165, 1.54) is 6.26 Å². The van der Waals surface area contributed by atoms with Gasteiger partial charge in [0.1, 0.15) is 15.8 Å². The molecule has 1 aromatic rings. The average Bonchev–Trinajstić information content (AvgIpc) is 2.57. The lowest BCUT2D eigenvalue weighted by atomic mass is 10.4. The van der Waals surface area contributed by atoms with E-state index in [1.807, 2.05) is 0 Å². The van der Waals surface area contributed by atoms with Gasteiger partial charge in [-0.1, -0.05) is 0 Å². The van der Waals surface area contributed by atoms with E-state index in [2.05, 4.69) is 4.37 Å². The van der Waals surface area contributed by atoms with Crippen molar-refractivity contribution in [3.63, 3.8) is 0 Å². The molecule has 0 aliphatic heterocycles. The van der Waals surface area contributed by atoms with E-state index < -0.39 is 23.4 Å². The number of aliphatic carboxylic acids is 1. The zero-order valence-electron chi connectivity index (χ0n) is 7.59. The van der Waals surface area contributed by atoms with Crippen molar-refractivity contribution in [3.8, 4) is 11.9 Å². The Hall–Kier alpha value is -1.46. The lowest BCUT2D eigenvalue weighted by molar-refractivity contribution is -0.139. The smallest absolute Gasteiger partial charge is 0.341 e. The minimum Gasteiger partial charge on any atom is -0.479 e. The summed E-state index contributed by atoms with van der Waals surface area (Å²) in [5, 5.41) is 17.1. The predicted molar refractivity (Wildman–Crippen MR) is 52.3 cm³/mol. The lowest BCUT2D eigenvalue weighted by Crippen LogP contribution is -2.10. The molecule has 0 aromatic carbocycles. The number of carbonyl (C=O) groups is 1. The lowest BCUT2D eigenvalue weighted by Gasteiger charge is -1.97. The van der Waals surface area contributed by atoms with Gasteiger partial charge in [-0.05, 0) is 11.5 Å². The van der Waals surface area contributed by atoms with E-state index in [0.717, 1.165) is 11.5 Å². The average molecular weight is 246 g/mol. The van der Waals surface area contributed by atoms with Crippen LogP contribution in [0.3, 0.4) is 0 Å². The van der Waals surface area contributed by atoms with Crippen molar-refractivity contribution in [2.45, 2.75) is 4.21 Å². The molecule has 1 atom stereocenters. The summed E-state index contributed by atoms with van der Waals surface area (Å²) in [5.41, 5.74) is 0.0436. The molecule has 0 radical (unpaired) electrons. The highest BCUT2D eigenvalue weighted by molar-refractivity contribution is 7.86. The number of hydrogen-bond donors (Lipinski definition) is 1. The molecule has 1 unspecified atom stereocenters. The molecule has 8 heteroatoms. The minimum absolute atomic E-state index is 0.0436. The second-order valence-electron chi connectivity index (χ2n) is 2.40. The maximum atomic E-state index is 11.1. The Kier molecular flexibility index (Phi) is 3.76. The number of nitrogens with zero attached hydrogens (tertiary/aromatic N) is 2. The molecule has 0 aliphatic carbocycles. The fourth-order valence-corrected chi connectivity index (χ4v) is 2.27. The van der Waals surface area contributed by atoms with Crippen LogP contribution in [0.4, 0.5) is 0 Å². The molecular weight excluding hydrogens is 240 g/mol. The Balaban J connectivity index is 2.95. The molecule has 80 valence electrons. The fraction of sp³-hybridized carbons (Fsp3) is 0.286. The SMILES string of the molecule is CS(=O)c1snc(OCC(=O)O)c1C#N. The van der Waals surface area contributed by atoms with Crippen LogP contribution in [0.1, 0.15) is 5.56 Å². The fourth-order valence-electron chi connectivity index (χ4n) is 0.780. The van der Waals surface area contributed by atoms with Gasteiger partial charge in [0, 0.05) is 6.26 Å². The first-order valence-corrected chi connectivity index (χ1v) is 5.97. The van der Waals surface area contributed by atoms with Crippen molar-refractivity contribution in [1.29, 1.82) is 5.26 Å². The van der Waals surface area contributed by atoms with Gasteiger partial charge in [0.25, 0.3) is 0 Å². The summed E-state index contributed by atoms with van der Waals surface area (Å²) in [5.74, 6) is -1.24. The van der Waals surface area contributed by atoms with Gasteiger partial charge < -0.3 is 9.84 Å². The summed E-state index contributed by atoms with van der Waals surface area (Å²) in [4.78, 5) is 10.2. The van der Waals surface area contributed by atoms with Crippen molar-refractivity contribution >= 4 is 28.3 Å². The molecule has 6 nitrogen and oxygen atoms in total. The summed E-state index contributed by atoms with van der Waals surface area (Å²) in [7, 11) is -1.33. The number of aromatic nitrogens is 1. The third kappa shape index (κ3) is 2.74. The van der Waals surface area contributed by atoms with Gasteiger partial charge in [-0.15, -0.1) is 0 Å². The molecule has 15 heavy (non-hydrogen) atoms. The number of rotatable bonds is 4. The highest BCUT2D eigenvalue weighted by Crippen LogP contribution is 2.26. The van der Waals surface area contributed by atoms with Gasteiger partial charge >= 0.3 is 5.97 Å². The molecule has 0 spiro atoms. The minimum atomic E-state index is -1.33. The molecule has 0 saturated heterocycles. The zero-order valence-corrected chi connectivity index (χ0v) is 9.22. The largest absolute Gasteiger partial charge is 0.479 e. The van der Waals surface area contributed by atoms with E-state index >= 15 is 0 Å². The monoisotopic (exact) mass is 246 g/mol. The van der Waals surface area contributed by atoms with Gasteiger partial charge in [-0.3, -0.25) is 4.21 Å². The van der Waals surface area contributed by atoms with Crippen molar-refractivity contribution in [1.82, 2.24) is 4.37 Å². The molecule has 0 bridgehead atoms. The van der Waals surface area contributed by atoms with E-state index in [1.54, 1.807) is 6.07 Å². The second kappa shape index (κ2) is 4.86. The number of carboxylic acid groups (broad SMARTS) is 1. The van der Waals surface area contributed by atoms with Gasteiger partial charge in [0.15, 0.2) is 6.61 Å². The molecular formula is C7H6N2O4S2. The van der Waals surface area contributed by atoms with E-state index in [0.29, 0.717) is 0 Å². The Morgan fingerprint density at radius 1 is 1.80 bits per heavy atom. The summed E-state index contributed by atoms with van der Waals surface area (Å²) >= 11 is 0.870. The number of hydrogen-bond acceptors (Lipinski definition) is 6. The molecule has 0 saturated carbocycles. The Morgan fingerprint density at radius 2 is 2.47 bits per heavy atom. The maximum absolute atomic E-state index is 11.1. The van der Waals surface area contributed by atoms with Crippen LogP contribution in [0.5, 0.6) is 5.88 Å². The first-order valence-electron chi connectivity index (χ1n) is 3.64. The van der Waals surface area contributed by atoms with Crippen LogP contribution < -0.4 is 4.74 Å². The first kappa shape index (κ1) is 11.6. The van der Waals surface area contributed by atoms with Crippen molar-refractivity contribution in [3.05, 3.63) is 5.56 Å². The number of carboxylic acids is 1. The van der Waals surface area contributed by atoms with Crippen LogP contribution in [-0.4, -0.2) is 32.5 Å². The highest BCUT2D eigenvalue weighted by Gasteiger charge is 2.18. The Labute approximate surface area is 91.7 Å². The van der Waals surface area contributed by atoms with E-state index in [9.17, 15) is 9.00 Å². The Bertz CT molecular complexity index is 448. The summed E-state index contributed by atoms with van der Waals surface area (Å²) in [6.45, 7) is -0.575. The van der Waals surface area contributed by atoms with Crippen molar-refractivity contribution in [2.75, 3.05) is 12.9 Å². The second-order valence-corrected chi connectivity index (χ2v) is 4.75. The van der Waals surface area contributed by atoms with Gasteiger partial charge in [0.05, 0.1) is 10.8 Å². The number of ether oxygens (including phenoxy) is 1. The van der Waals surface area contributed by atoms with Crippen molar-refractivity contribution in [2.24, 2.45) is 0 Å². The topological polar surface area (TPSA) is 100 Å². The van der Waals surface area contributed by atoms with Gasteiger partial charge in [-0.2, -0.15) is 9.64 Å². The van der Waals surface area contributed by atoms with Crippen LogP contribution in [0, 0.1) is 11.3 Å². The highest BCUT2D eigenvalue weighted by atomic mass is 32.2. The van der Waals surface area contributed by atoms with Crippen LogP contribution in [0.2, 0.25) is 0 Å². The third-order valence-corrected chi connectivity index (χ3v) is 3.62. The first-order chi connectivity index (χ1) is 7.06. The molecule has 1 rings (SSSR count). The predicted octanol–water partition coefficient (Wildman–Crippen LogP) is 0.216. The molecule has 1 heterocycles. The standard InChI is InChI=1S/C7H6N2O4S2/c1-15(12)7-4(2-8)6(9-14-7)13-3-5(10)11/h3H2,1H3,(H,10,11). The van der Waals surface area contributed by atoms with E-state index in [-0.39, 0.29) is 15.7 Å². The van der Waals surface area contributed by atoms with Crippen LogP contribution in [0.25, 0.3) is 0 Å². The number of nitriles is 1. The molecule has 0 fully saturated rings. The normalized spacial score (nSPS) is 11.7.